The van der Waals surface area contributed by atoms with Crippen molar-refractivity contribution < 1.29 is 19.4 Å². The Morgan fingerprint density at radius 2 is 2.15 bits per heavy atom. The van der Waals surface area contributed by atoms with E-state index >= 15 is 0 Å². The molecule has 108 valence electrons. The standard InChI is InChI=1S/C14H18N2O4/c1-10-2-4-11(5-3-10)16(7-6-13(17)18)9-12-8-15-14(19)20-12/h2-5,12H,6-9H2,1H3,(H,15,19)(H,17,18). The number of carbonyl (C=O) groups excluding carboxylic acids is 1. The third-order valence-corrected chi connectivity index (χ3v) is 3.17. The van der Waals surface area contributed by atoms with Crippen molar-refractivity contribution in [1.82, 2.24) is 5.32 Å². The number of nitrogens with one attached hydrogen (secondary N) is 1. The second-order valence-electron chi connectivity index (χ2n) is 4.83. The zero-order valence-corrected chi connectivity index (χ0v) is 11.3. The van der Waals surface area contributed by atoms with E-state index in [-0.39, 0.29) is 12.5 Å². The quantitative estimate of drug-likeness (QED) is 0.822. The lowest BCUT2D eigenvalue weighted by atomic mass is 10.2. The van der Waals surface area contributed by atoms with Gasteiger partial charge in [-0.1, -0.05) is 17.7 Å². The van der Waals surface area contributed by atoms with Crippen LogP contribution in [-0.2, 0) is 9.53 Å². The molecule has 0 bridgehead atoms. The zero-order chi connectivity index (χ0) is 14.5. The molecule has 1 aliphatic rings. The van der Waals surface area contributed by atoms with Crippen LogP contribution < -0.4 is 10.2 Å². The number of aryl methyl sites for hydroxylation is 1. The average molecular weight is 278 g/mol. The molecular weight excluding hydrogens is 260 g/mol. The van der Waals surface area contributed by atoms with Crippen LogP contribution in [0.25, 0.3) is 0 Å². The highest BCUT2D eigenvalue weighted by atomic mass is 16.6. The Kier molecular flexibility index (Phi) is 4.45. The van der Waals surface area contributed by atoms with E-state index in [1.807, 2.05) is 36.1 Å². The molecule has 0 saturated carbocycles. The maximum atomic E-state index is 11.0. The van der Waals surface area contributed by atoms with Gasteiger partial charge >= 0.3 is 12.1 Å². The van der Waals surface area contributed by atoms with Crippen LogP contribution in [0.4, 0.5) is 10.5 Å². The van der Waals surface area contributed by atoms with Crippen molar-refractivity contribution in [3.8, 4) is 0 Å². The van der Waals surface area contributed by atoms with E-state index in [1.165, 1.54) is 0 Å². The summed E-state index contributed by atoms with van der Waals surface area (Å²) < 4.78 is 5.10. The van der Waals surface area contributed by atoms with Crippen LogP contribution in [0.3, 0.4) is 0 Å². The molecule has 20 heavy (non-hydrogen) atoms. The molecule has 6 nitrogen and oxygen atoms in total. The highest BCUT2D eigenvalue weighted by Gasteiger charge is 2.25. The lowest BCUT2D eigenvalue weighted by Gasteiger charge is -2.26. The van der Waals surface area contributed by atoms with Crippen molar-refractivity contribution in [2.75, 3.05) is 24.5 Å². The van der Waals surface area contributed by atoms with Gasteiger partial charge in [0.25, 0.3) is 0 Å². The minimum absolute atomic E-state index is 0.0436. The summed E-state index contributed by atoms with van der Waals surface area (Å²) in [5, 5.41) is 11.4. The molecule has 0 radical (unpaired) electrons. The van der Waals surface area contributed by atoms with E-state index in [4.69, 9.17) is 9.84 Å². The van der Waals surface area contributed by atoms with Gasteiger partial charge in [0.15, 0.2) is 0 Å². The number of ether oxygens (including phenoxy) is 1. The number of aliphatic carboxylic acids is 1. The number of carboxylic acid groups (broad SMARTS) is 1. The number of alkyl carbamates (subject to hydrolysis) is 1. The average Bonchev–Trinajstić information content (AvgIpc) is 2.81. The number of amides is 1. The van der Waals surface area contributed by atoms with E-state index in [9.17, 15) is 9.59 Å². The van der Waals surface area contributed by atoms with Crippen molar-refractivity contribution in [2.24, 2.45) is 0 Å². The van der Waals surface area contributed by atoms with Crippen LogP contribution in [0.1, 0.15) is 12.0 Å². The molecule has 1 aromatic carbocycles. The van der Waals surface area contributed by atoms with Crippen LogP contribution in [0.15, 0.2) is 24.3 Å². The Hall–Kier alpha value is -2.24. The molecule has 1 saturated heterocycles. The highest BCUT2D eigenvalue weighted by Crippen LogP contribution is 2.17. The predicted molar refractivity (Wildman–Crippen MR) is 73.9 cm³/mol. The number of anilines is 1. The second kappa shape index (κ2) is 6.27. The molecule has 1 unspecified atom stereocenters. The molecule has 2 rings (SSSR count). The van der Waals surface area contributed by atoms with E-state index in [1.54, 1.807) is 0 Å². The van der Waals surface area contributed by atoms with Gasteiger partial charge in [-0.25, -0.2) is 4.79 Å². The summed E-state index contributed by atoms with van der Waals surface area (Å²) in [6.45, 7) is 3.31. The van der Waals surface area contributed by atoms with Gasteiger partial charge in [-0.05, 0) is 19.1 Å². The monoisotopic (exact) mass is 278 g/mol. The first-order valence-corrected chi connectivity index (χ1v) is 6.52. The first kappa shape index (κ1) is 14.2. The summed E-state index contributed by atoms with van der Waals surface area (Å²) in [7, 11) is 0. The van der Waals surface area contributed by atoms with Crippen LogP contribution in [0.5, 0.6) is 0 Å². The number of cyclic esters (lactones) is 1. The van der Waals surface area contributed by atoms with E-state index in [0.29, 0.717) is 19.6 Å². The van der Waals surface area contributed by atoms with Gasteiger partial charge in [0.2, 0.25) is 0 Å². The maximum absolute atomic E-state index is 11.0. The Balaban J connectivity index is 2.05. The van der Waals surface area contributed by atoms with Crippen molar-refractivity contribution in [2.45, 2.75) is 19.4 Å². The molecule has 1 amide bonds. The summed E-state index contributed by atoms with van der Waals surface area (Å²) in [6, 6.07) is 7.84. The van der Waals surface area contributed by atoms with E-state index < -0.39 is 12.1 Å². The van der Waals surface area contributed by atoms with Crippen molar-refractivity contribution >= 4 is 17.7 Å². The number of carboxylic acids is 1. The lowest BCUT2D eigenvalue weighted by molar-refractivity contribution is -0.136. The van der Waals surface area contributed by atoms with Crippen LogP contribution in [0, 0.1) is 6.92 Å². The predicted octanol–water partition coefficient (Wildman–Crippen LogP) is 1.38. The molecule has 2 N–H and O–H groups in total. The van der Waals surface area contributed by atoms with E-state index in [2.05, 4.69) is 5.32 Å². The van der Waals surface area contributed by atoms with Crippen molar-refractivity contribution in [3.63, 3.8) is 0 Å². The van der Waals surface area contributed by atoms with Crippen molar-refractivity contribution in [1.29, 1.82) is 0 Å². The third kappa shape index (κ3) is 3.88. The zero-order valence-electron chi connectivity index (χ0n) is 11.3. The fourth-order valence-corrected chi connectivity index (χ4v) is 2.09. The minimum atomic E-state index is -0.844. The summed E-state index contributed by atoms with van der Waals surface area (Å²) in [5.41, 5.74) is 2.07. The summed E-state index contributed by atoms with van der Waals surface area (Å²) in [4.78, 5) is 23.7. The molecule has 0 spiro atoms. The number of carbonyl (C=O) groups is 2. The van der Waals surface area contributed by atoms with Gasteiger partial charge in [0.05, 0.1) is 19.5 Å². The maximum Gasteiger partial charge on any atom is 0.407 e. The van der Waals surface area contributed by atoms with Crippen LogP contribution >= 0.6 is 0 Å². The fraction of sp³-hybridized carbons (Fsp3) is 0.429. The summed E-state index contributed by atoms with van der Waals surface area (Å²) >= 11 is 0. The molecule has 0 aromatic heterocycles. The largest absolute Gasteiger partial charge is 0.481 e. The van der Waals surface area contributed by atoms with Gasteiger partial charge < -0.3 is 20.1 Å². The smallest absolute Gasteiger partial charge is 0.407 e. The molecule has 0 aliphatic carbocycles. The first-order valence-electron chi connectivity index (χ1n) is 6.52. The Bertz CT molecular complexity index is 486. The first-order chi connectivity index (χ1) is 9.54. The fourth-order valence-electron chi connectivity index (χ4n) is 2.09. The minimum Gasteiger partial charge on any atom is -0.481 e. The van der Waals surface area contributed by atoms with Crippen LogP contribution in [0.2, 0.25) is 0 Å². The molecule has 1 heterocycles. The molecular formula is C14H18N2O4. The lowest BCUT2D eigenvalue weighted by Crippen LogP contribution is -2.35. The van der Waals surface area contributed by atoms with E-state index in [0.717, 1.165) is 11.3 Å². The van der Waals surface area contributed by atoms with Gasteiger partial charge in [0, 0.05) is 12.2 Å². The molecule has 1 aromatic rings. The Labute approximate surface area is 117 Å². The van der Waals surface area contributed by atoms with Gasteiger partial charge in [-0.15, -0.1) is 0 Å². The number of benzene rings is 1. The SMILES string of the molecule is Cc1ccc(N(CCC(=O)O)CC2CNC(=O)O2)cc1. The van der Waals surface area contributed by atoms with Crippen molar-refractivity contribution in [3.05, 3.63) is 29.8 Å². The third-order valence-electron chi connectivity index (χ3n) is 3.17. The number of nitrogens with zero attached hydrogens (tertiary/aromatic N) is 1. The molecule has 1 fully saturated rings. The number of hydrogen-bond acceptors (Lipinski definition) is 4. The topological polar surface area (TPSA) is 78.9 Å². The van der Waals surface area contributed by atoms with Gasteiger partial charge in [-0.3, -0.25) is 4.79 Å². The Morgan fingerprint density at radius 3 is 2.70 bits per heavy atom. The summed E-state index contributed by atoms with van der Waals surface area (Å²) in [6.07, 6.45) is -0.628. The molecule has 6 heteroatoms. The Morgan fingerprint density at radius 1 is 1.45 bits per heavy atom. The van der Waals surface area contributed by atoms with Crippen LogP contribution in [-0.4, -0.2) is 42.9 Å². The molecule has 1 atom stereocenters. The highest BCUT2D eigenvalue weighted by molar-refractivity contribution is 5.69. The summed E-state index contributed by atoms with van der Waals surface area (Å²) in [5.74, 6) is -0.844. The number of hydrogen-bond donors (Lipinski definition) is 2. The van der Waals surface area contributed by atoms with Gasteiger partial charge in [-0.2, -0.15) is 0 Å². The number of rotatable bonds is 6. The normalized spacial score (nSPS) is 17.4. The van der Waals surface area contributed by atoms with Gasteiger partial charge in [0.1, 0.15) is 6.10 Å². The second-order valence-corrected chi connectivity index (χ2v) is 4.83. The molecule has 1 aliphatic heterocycles.